The van der Waals surface area contributed by atoms with E-state index in [2.05, 4.69) is 15.5 Å². The van der Waals surface area contributed by atoms with E-state index in [0.717, 1.165) is 18.8 Å². The number of nitrogens with one attached hydrogen (secondary N) is 2. The Kier molecular flexibility index (Phi) is 3.92. The summed E-state index contributed by atoms with van der Waals surface area (Å²) < 4.78 is 0. The molecule has 0 bridgehead atoms. The summed E-state index contributed by atoms with van der Waals surface area (Å²) in [6.07, 6.45) is 11.4. The van der Waals surface area contributed by atoms with Crippen molar-refractivity contribution in [1.29, 1.82) is 0 Å². The zero-order valence-electron chi connectivity index (χ0n) is 13.0. The van der Waals surface area contributed by atoms with Gasteiger partial charge in [-0.25, -0.2) is 0 Å². The van der Waals surface area contributed by atoms with Crippen molar-refractivity contribution >= 4 is 5.91 Å². The fourth-order valence-corrected chi connectivity index (χ4v) is 5.22. The number of hydrogen-bond acceptors (Lipinski definition) is 3. The number of hydrogen-bond donors (Lipinski definition) is 2. The molecule has 1 saturated carbocycles. The summed E-state index contributed by atoms with van der Waals surface area (Å²) in [4.78, 5) is 15.2. The molecule has 0 aromatic rings. The number of nitrogens with zero attached hydrogens (tertiary/aromatic N) is 1. The first-order valence-electron chi connectivity index (χ1n) is 9.12. The molecule has 2 N–H and O–H groups in total. The topological polar surface area (TPSA) is 44.4 Å². The van der Waals surface area contributed by atoms with Gasteiger partial charge in [-0.2, -0.15) is 0 Å². The number of carbonyl (C=O) groups is 1. The average Bonchev–Trinajstić information content (AvgIpc) is 3.11. The van der Waals surface area contributed by atoms with Crippen molar-refractivity contribution in [3.8, 4) is 0 Å². The van der Waals surface area contributed by atoms with Crippen LogP contribution >= 0.6 is 0 Å². The molecule has 4 fully saturated rings. The molecule has 5 atom stereocenters. The molecule has 21 heavy (non-hydrogen) atoms. The van der Waals surface area contributed by atoms with Crippen LogP contribution in [0.25, 0.3) is 0 Å². The molecule has 118 valence electrons. The molecular formula is C17H29N3O. The smallest absolute Gasteiger partial charge is 0.237 e. The van der Waals surface area contributed by atoms with E-state index in [1.54, 1.807) is 0 Å². The summed E-state index contributed by atoms with van der Waals surface area (Å²) in [6.45, 7) is 2.42. The van der Waals surface area contributed by atoms with Crippen molar-refractivity contribution in [2.45, 2.75) is 82.0 Å². The molecule has 0 aromatic carbocycles. The fourth-order valence-electron chi connectivity index (χ4n) is 5.22. The standard InChI is InChI=1S/C17H29N3O/c21-17(15-11-12-5-1-2-6-13(12)18-15)19-14-8-10-20-9-4-3-7-16(14)20/h12-16,18H,1-11H2,(H,19,21). The fraction of sp³-hybridized carbons (Fsp3) is 0.941. The lowest BCUT2D eigenvalue weighted by atomic mass is 9.85. The van der Waals surface area contributed by atoms with Crippen LogP contribution in [0.2, 0.25) is 0 Å². The van der Waals surface area contributed by atoms with Crippen LogP contribution in [0.5, 0.6) is 0 Å². The van der Waals surface area contributed by atoms with Gasteiger partial charge in [0.2, 0.25) is 5.91 Å². The normalized spacial score (nSPS) is 43.3. The van der Waals surface area contributed by atoms with Gasteiger partial charge < -0.3 is 10.6 Å². The van der Waals surface area contributed by atoms with Crippen LogP contribution in [-0.4, -0.2) is 48.1 Å². The van der Waals surface area contributed by atoms with Gasteiger partial charge in [-0.3, -0.25) is 9.69 Å². The van der Waals surface area contributed by atoms with Gasteiger partial charge in [0, 0.05) is 24.7 Å². The molecule has 3 aliphatic heterocycles. The van der Waals surface area contributed by atoms with E-state index in [1.807, 2.05) is 0 Å². The number of fused-ring (bicyclic) bond motifs is 2. The van der Waals surface area contributed by atoms with Crippen LogP contribution in [0.15, 0.2) is 0 Å². The number of amides is 1. The van der Waals surface area contributed by atoms with Gasteiger partial charge in [0.25, 0.3) is 0 Å². The van der Waals surface area contributed by atoms with E-state index in [9.17, 15) is 4.79 Å². The van der Waals surface area contributed by atoms with Crippen molar-refractivity contribution in [3.05, 3.63) is 0 Å². The predicted molar refractivity (Wildman–Crippen MR) is 83.0 cm³/mol. The van der Waals surface area contributed by atoms with Crippen molar-refractivity contribution in [2.75, 3.05) is 13.1 Å². The van der Waals surface area contributed by atoms with Crippen LogP contribution in [-0.2, 0) is 4.79 Å². The predicted octanol–water partition coefficient (Wildman–Crippen LogP) is 1.65. The Balaban J connectivity index is 1.33. The van der Waals surface area contributed by atoms with Crippen molar-refractivity contribution in [3.63, 3.8) is 0 Å². The molecule has 0 spiro atoms. The average molecular weight is 291 g/mol. The number of piperidine rings is 1. The molecule has 4 rings (SSSR count). The largest absolute Gasteiger partial charge is 0.350 e. The van der Waals surface area contributed by atoms with E-state index in [0.29, 0.717) is 18.1 Å². The van der Waals surface area contributed by atoms with E-state index < -0.39 is 0 Å². The Morgan fingerprint density at radius 2 is 1.86 bits per heavy atom. The van der Waals surface area contributed by atoms with E-state index in [4.69, 9.17) is 0 Å². The summed E-state index contributed by atoms with van der Waals surface area (Å²) in [5.74, 6) is 1.03. The molecule has 3 saturated heterocycles. The van der Waals surface area contributed by atoms with E-state index in [1.165, 1.54) is 58.0 Å². The first-order chi connectivity index (χ1) is 10.3. The Morgan fingerprint density at radius 1 is 1.00 bits per heavy atom. The Hall–Kier alpha value is -0.610. The van der Waals surface area contributed by atoms with Crippen LogP contribution in [0.4, 0.5) is 0 Å². The Bertz CT molecular complexity index is 385. The zero-order chi connectivity index (χ0) is 14.2. The van der Waals surface area contributed by atoms with Gasteiger partial charge in [0.15, 0.2) is 0 Å². The highest BCUT2D eigenvalue weighted by atomic mass is 16.2. The third-order valence-electron chi connectivity index (χ3n) is 6.36. The van der Waals surface area contributed by atoms with E-state index in [-0.39, 0.29) is 11.9 Å². The SMILES string of the molecule is O=C(NC1CCN2CCCCC12)C1CC2CCCCC2N1. The lowest BCUT2D eigenvalue weighted by Crippen LogP contribution is -2.51. The molecule has 4 nitrogen and oxygen atoms in total. The molecule has 0 radical (unpaired) electrons. The highest BCUT2D eigenvalue weighted by Crippen LogP contribution is 2.33. The first-order valence-corrected chi connectivity index (χ1v) is 9.12. The van der Waals surface area contributed by atoms with Crippen LogP contribution in [0, 0.1) is 5.92 Å². The molecule has 5 unspecified atom stereocenters. The first kappa shape index (κ1) is 14.0. The molecule has 1 aliphatic carbocycles. The maximum absolute atomic E-state index is 12.6. The van der Waals surface area contributed by atoms with Crippen LogP contribution < -0.4 is 10.6 Å². The lowest BCUT2D eigenvalue weighted by molar-refractivity contribution is -0.123. The molecule has 0 aromatic heterocycles. The summed E-state index contributed by atoms with van der Waals surface area (Å²) in [5, 5.41) is 7.00. The number of carbonyl (C=O) groups excluding carboxylic acids is 1. The van der Waals surface area contributed by atoms with Crippen LogP contribution in [0.3, 0.4) is 0 Å². The highest BCUT2D eigenvalue weighted by molar-refractivity contribution is 5.82. The minimum absolute atomic E-state index is 0.0794. The molecule has 1 amide bonds. The van der Waals surface area contributed by atoms with Gasteiger partial charge in [0.05, 0.1) is 6.04 Å². The number of rotatable bonds is 2. The summed E-state index contributed by atoms with van der Waals surface area (Å²) in [6, 6.07) is 1.72. The van der Waals surface area contributed by atoms with Gasteiger partial charge in [-0.05, 0) is 51.0 Å². The van der Waals surface area contributed by atoms with Crippen molar-refractivity contribution in [2.24, 2.45) is 5.92 Å². The Labute approximate surface area is 128 Å². The van der Waals surface area contributed by atoms with E-state index >= 15 is 0 Å². The van der Waals surface area contributed by atoms with Gasteiger partial charge in [0.1, 0.15) is 0 Å². The monoisotopic (exact) mass is 291 g/mol. The minimum atomic E-state index is 0.0794. The highest BCUT2D eigenvalue weighted by Gasteiger charge is 2.41. The molecule has 4 aliphatic rings. The quantitative estimate of drug-likeness (QED) is 0.813. The molecule has 3 heterocycles. The zero-order valence-corrected chi connectivity index (χ0v) is 13.0. The second kappa shape index (κ2) is 5.88. The maximum Gasteiger partial charge on any atom is 0.237 e. The second-order valence-corrected chi connectivity index (χ2v) is 7.61. The van der Waals surface area contributed by atoms with Gasteiger partial charge in [-0.15, -0.1) is 0 Å². The minimum Gasteiger partial charge on any atom is -0.350 e. The molecule has 4 heteroatoms. The maximum atomic E-state index is 12.6. The van der Waals surface area contributed by atoms with Gasteiger partial charge in [-0.1, -0.05) is 19.3 Å². The van der Waals surface area contributed by atoms with Crippen molar-refractivity contribution < 1.29 is 4.79 Å². The van der Waals surface area contributed by atoms with Crippen LogP contribution in [0.1, 0.15) is 57.8 Å². The summed E-state index contributed by atoms with van der Waals surface area (Å²) in [7, 11) is 0. The second-order valence-electron chi connectivity index (χ2n) is 7.61. The van der Waals surface area contributed by atoms with Crippen molar-refractivity contribution in [1.82, 2.24) is 15.5 Å². The van der Waals surface area contributed by atoms with Gasteiger partial charge >= 0.3 is 0 Å². The summed E-state index contributed by atoms with van der Waals surface area (Å²) in [5.41, 5.74) is 0. The summed E-state index contributed by atoms with van der Waals surface area (Å²) >= 11 is 0. The third-order valence-corrected chi connectivity index (χ3v) is 6.36. The Morgan fingerprint density at radius 3 is 2.76 bits per heavy atom. The lowest BCUT2D eigenvalue weighted by Gasteiger charge is -2.33. The molecular weight excluding hydrogens is 262 g/mol. The third kappa shape index (κ3) is 2.72.